The maximum Gasteiger partial charge on any atom is 0.267 e. The van der Waals surface area contributed by atoms with Gasteiger partial charge in [0.25, 0.3) is 5.91 Å². The Hall–Kier alpha value is -1.95. The Morgan fingerprint density at radius 1 is 1.45 bits per heavy atom. The molecule has 0 fully saturated rings. The lowest BCUT2D eigenvalue weighted by molar-refractivity contribution is 0.102. The molecule has 0 saturated heterocycles. The predicted octanol–water partition coefficient (Wildman–Crippen LogP) is 3.06. The Bertz CT molecular complexity index is 593. The first-order chi connectivity index (χ1) is 9.63. The second kappa shape index (κ2) is 6.47. The maximum atomic E-state index is 12.3. The minimum atomic E-state index is -0.133. The molecule has 2 rings (SSSR count). The molecule has 0 atom stereocenters. The van der Waals surface area contributed by atoms with Crippen LogP contribution in [-0.2, 0) is 6.42 Å². The molecule has 0 bridgehead atoms. The summed E-state index contributed by atoms with van der Waals surface area (Å²) in [6.45, 7) is 3.99. The van der Waals surface area contributed by atoms with Crippen molar-refractivity contribution in [2.24, 2.45) is 0 Å². The van der Waals surface area contributed by atoms with E-state index in [9.17, 15) is 4.79 Å². The molecular formula is C14H17N3O2S. The Balaban J connectivity index is 2.14. The highest BCUT2D eigenvalue weighted by Gasteiger charge is 2.16. The summed E-state index contributed by atoms with van der Waals surface area (Å²) in [7, 11) is 1.55. The van der Waals surface area contributed by atoms with Crippen LogP contribution in [0.1, 0.15) is 33.7 Å². The molecule has 0 unspecified atom stereocenters. The highest BCUT2D eigenvalue weighted by molar-refractivity contribution is 7.13. The molecule has 0 radical (unpaired) electrons. The molecular weight excluding hydrogens is 274 g/mol. The fourth-order valence-corrected chi connectivity index (χ4v) is 2.68. The van der Waals surface area contributed by atoms with E-state index in [1.54, 1.807) is 25.4 Å². The van der Waals surface area contributed by atoms with E-state index in [1.165, 1.54) is 11.3 Å². The zero-order valence-electron chi connectivity index (χ0n) is 11.8. The first kappa shape index (κ1) is 14.5. The lowest BCUT2D eigenvalue weighted by atomic mass is 10.2. The van der Waals surface area contributed by atoms with Crippen LogP contribution in [0.25, 0.3) is 0 Å². The minimum absolute atomic E-state index is 0.133. The molecule has 0 spiro atoms. The number of rotatable bonds is 5. The predicted molar refractivity (Wildman–Crippen MR) is 79.6 cm³/mol. The van der Waals surface area contributed by atoms with Gasteiger partial charge < -0.3 is 10.1 Å². The number of carbonyl (C=O) groups excluding carboxylic acids is 1. The minimum Gasteiger partial charge on any atom is -0.481 e. The zero-order chi connectivity index (χ0) is 14.5. The Labute approximate surface area is 122 Å². The highest BCUT2D eigenvalue weighted by Crippen LogP contribution is 2.21. The van der Waals surface area contributed by atoms with Crippen molar-refractivity contribution in [2.75, 3.05) is 12.4 Å². The van der Waals surface area contributed by atoms with Gasteiger partial charge in [0.1, 0.15) is 4.88 Å². The summed E-state index contributed by atoms with van der Waals surface area (Å²) in [5.74, 6) is 0.384. The van der Waals surface area contributed by atoms with Crippen molar-refractivity contribution in [3.63, 3.8) is 0 Å². The van der Waals surface area contributed by atoms with E-state index in [4.69, 9.17) is 4.74 Å². The van der Waals surface area contributed by atoms with Crippen LogP contribution < -0.4 is 10.1 Å². The lowest BCUT2D eigenvalue weighted by Crippen LogP contribution is -2.12. The van der Waals surface area contributed by atoms with Crippen LogP contribution in [0.5, 0.6) is 5.88 Å². The SMILES string of the molecule is CCCc1nc(C)sc1C(=O)Nc1ccc(OC)nc1. The topological polar surface area (TPSA) is 64.1 Å². The fourth-order valence-electron chi connectivity index (χ4n) is 1.82. The number of pyridine rings is 1. The molecule has 106 valence electrons. The van der Waals surface area contributed by atoms with E-state index < -0.39 is 0 Å². The van der Waals surface area contributed by atoms with Gasteiger partial charge in [0, 0.05) is 6.07 Å². The molecule has 20 heavy (non-hydrogen) atoms. The van der Waals surface area contributed by atoms with Crippen LogP contribution in [0.4, 0.5) is 5.69 Å². The van der Waals surface area contributed by atoms with Gasteiger partial charge in [-0.05, 0) is 19.4 Å². The number of aromatic nitrogens is 2. The van der Waals surface area contributed by atoms with Gasteiger partial charge in [-0.2, -0.15) is 0 Å². The number of nitrogens with one attached hydrogen (secondary N) is 1. The second-order valence-corrected chi connectivity index (χ2v) is 5.51. The van der Waals surface area contributed by atoms with Crippen molar-refractivity contribution in [3.8, 4) is 5.88 Å². The smallest absolute Gasteiger partial charge is 0.267 e. The number of nitrogens with zero attached hydrogens (tertiary/aromatic N) is 2. The van der Waals surface area contributed by atoms with Gasteiger partial charge in [0.2, 0.25) is 5.88 Å². The van der Waals surface area contributed by atoms with Crippen molar-refractivity contribution in [2.45, 2.75) is 26.7 Å². The molecule has 0 aromatic carbocycles. The quantitative estimate of drug-likeness (QED) is 0.919. The van der Waals surface area contributed by atoms with Crippen LogP contribution in [0.3, 0.4) is 0 Å². The van der Waals surface area contributed by atoms with E-state index in [0.29, 0.717) is 16.4 Å². The van der Waals surface area contributed by atoms with Crippen LogP contribution >= 0.6 is 11.3 Å². The summed E-state index contributed by atoms with van der Waals surface area (Å²) in [6.07, 6.45) is 3.35. The first-order valence-corrected chi connectivity index (χ1v) is 7.23. The average molecular weight is 291 g/mol. The molecule has 0 saturated carbocycles. The number of thiazole rings is 1. The molecule has 2 aromatic heterocycles. The highest BCUT2D eigenvalue weighted by atomic mass is 32.1. The number of amides is 1. The van der Waals surface area contributed by atoms with Crippen LogP contribution in [-0.4, -0.2) is 23.0 Å². The van der Waals surface area contributed by atoms with Gasteiger partial charge in [-0.1, -0.05) is 13.3 Å². The van der Waals surface area contributed by atoms with Gasteiger partial charge in [-0.3, -0.25) is 4.79 Å². The molecule has 5 nitrogen and oxygen atoms in total. The molecule has 2 aromatic rings. The Morgan fingerprint density at radius 3 is 2.85 bits per heavy atom. The third-order valence-electron chi connectivity index (χ3n) is 2.70. The second-order valence-electron chi connectivity index (χ2n) is 4.30. The molecule has 0 aliphatic heterocycles. The van der Waals surface area contributed by atoms with Crippen molar-refractivity contribution in [1.82, 2.24) is 9.97 Å². The summed E-state index contributed by atoms with van der Waals surface area (Å²) < 4.78 is 4.98. The summed E-state index contributed by atoms with van der Waals surface area (Å²) in [4.78, 5) is 21.4. The summed E-state index contributed by atoms with van der Waals surface area (Å²) in [5.41, 5.74) is 1.51. The number of hydrogen-bond acceptors (Lipinski definition) is 5. The van der Waals surface area contributed by atoms with Gasteiger partial charge in [-0.15, -0.1) is 11.3 Å². The normalized spacial score (nSPS) is 10.3. The third kappa shape index (κ3) is 3.33. The lowest BCUT2D eigenvalue weighted by Gasteiger charge is -2.05. The van der Waals surface area contributed by atoms with E-state index in [-0.39, 0.29) is 5.91 Å². The number of carbonyl (C=O) groups is 1. The number of aryl methyl sites for hydroxylation is 2. The zero-order valence-corrected chi connectivity index (χ0v) is 12.6. The fraction of sp³-hybridized carbons (Fsp3) is 0.357. The van der Waals surface area contributed by atoms with E-state index in [2.05, 4.69) is 22.2 Å². The first-order valence-electron chi connectivity index (χ1n) is 6.41. The molecule has 0 aliphatic rings. The number of methoxy groups -OCH3 is 1. The molecule has 1 amide bonds. The summed E-state index contributed by atoms with van der Waals surface area (Å²) in [5, 5.41) is 3.74. The Morgan fingerprint density at radius 2 is 2.25 bits per heavy atom. The maximum absolute atomic E-state index is 12.3. The van der Waals surface area contributed by atoms with Crippen LogP contribution in [0.2, 0.25) is 0 Å². The monoisotopic (exact) mass is 291 g/mol. The van der Waals surface area contributed by atoms with Crippen molar-refractivity contribution < 1.29 is 9.53 Å². The van der Waals surface area contributed by atoms with Crippen LogP contribution in [0.15, 0.2) is 18.3 Å². The number of ether oxygens (including phenoxy) is 1. The Kier molecular flexibility index (Phi) is 4.68. The molecule has 1 N–H and O–H groups in total. The molecule has 0 aliphatic carbocycles. The van der Waals surface area contributed by atoms with Crippen molar-refractivity contribution >= 4 is 22.9 Å². The van der Waals surface area contributed by atoms with Crippen molar-refractivity contribution in [3.05, 3.63) is 33.9 Å². The van der Waals surface area contributed by atoms with Crippen molar-refractivity contribution in [1.29, 1.82) is 0 Å². The van der Waals surface area contributed by atoms with E-state index in [0.717, 1.165) is 23.5 Å². The van der Waals surface area contributed by atoms with E-state index >= 15 is 0 Å². The molecule has 6 heteroatoms. The number of hydrogen-bond donors (Lipinski definition) is 1. The van der Waals surface area contributed by atoms with Crippen LogP contribution in [0, 0.1) is 6.92 Å². The van der Waals surface area contributed by atoms with E-state index in [1.807, 2.05) is 6.92 Å². The number of anilines is 1. The largest absolute Gasteiger partial charge is 0.481 e. The summed E-state index contributed by atoms with van der Waals surface area (Å²) in [6, 6.07) is 3.47. The van der Waals surface area contributed by atoms with Gasteiger partial charge >= 0.3 is 0 Å². The van der Waals surface area contributed by atoms with Gasteiger partial charge in [0.15, 0.2) is 0 Å². The average Bonchev–Trinajstić information content (AvgIpc) is 2.81. The standard InChI is InChI=1S/C14H17N3O2S/c1-4-5-11-13(20-9(2)16-11)14(18)17-10-6-7-12(19-3)15-8-10/h6-8H,4-5H2,1-3H3,(H,17,18). The van der Waals surface area contributed by atoms with Gasteiger partial charge in [-0.25, -0.2) is 9.97 Å². The third-order valence-corrected chi connectivity index (χ3v) is 3.71. The molecule has 2 heterocycles. The van der Waals surface area contributed by atoms with Gasteiger partial charge in [0.05, 0.1) is 29.7 Å². The summed E-state index contributed by atoms with van der Waals surface area (Å²) >= 11 is 1.42.